The van der Waals surface area contributed by atoms with Gasteiger partial charge in [0.05, 0.1) is 5.69 Å². The van der Waals surface area contributed by atoms with Crippen LogP contribution < -0.4 is 10.4 Å². The second kappa shape index (κ2) is 5.79. The first-order valence-electron chi connectivity index (χ1n) is 4.85. The van der Waals surface area contributed by atoms with Crippen molar-refractivity contribution in [2.45, 2.75) is 6.92 Å². The number of halogens is 1. The summed E-state index contributed by atoms with van der Waals surface area (Å²) in [6, 6.07) is 9.12. The second-order valence-corrected chi connectivity index (χ2v) is 3.81. The summed E-state index contributed by atoms with van der Waals surface area (Å²) in [5.74, 6) is 0. The van der Waals surface area contributed by atoms with Crippen molar-refractivity contribution in [1.29, 1.82) is 10.5 Å². The molecule has 0 amide bonds. The number of aryl methyl sites for hydroxylation is 1. The molecule has 4 nitrogen and oxygen atoms in total. The number of nitrogens with one attached hydrogen (secondary N) is 1. The minimum absolute atomic E-state index is 0.00931. The van der Waals surface area contributed by atoms with Gasteiger partial charge in [-0.05, 0) is 24.6 Å². The fourth-order valence-corrected chi connectivity index (χ4v) is 1.29. The molecule has 1 N–H and O–H groups in total. The van der Waals surface area contributed by atoms with E-state index in [2.05, 4.69) is 5.43 Å². The Kier molecular flexibility index (Phi) is 4.39. The standard InChI is InChI=1S/C12H11ClN4/c1-9-3-4-11(5-12(9)13)17(2)16-8-10(6-14)7-15/h3-5,8,16H,1-2H3. The zero-order valence-electron chi connectivity index (χ0n) is 9.53. The maximum Gasteiger partial charge on any atom is 0.147 e. The van der Waals surface area contributed by atoms with E-state index < -0.39 is 0 Å². The van der Waals surface area contributed by atoms with Crippen molar-refractivity contribution in [3.8, 4) is 12.1 Å². The Labute approximate surface area is 105 Å². The third-order valence-electron chi connectivity index (χ3n) is 2.19. The number of rotatable bonds is 3. The van der Waals surface area contributed by atoms with E-state index in [-0.39, 0.29) is 5.57 Å². The molecule has 1 aromatic rings. The average Bonchev–Trinajstić information content (AvgIpc) is 2.33. The van der Waals surface area contributed by atoms with E-state index in [0.717, 1.165) is 11.3 Å². The Balaban J connectivity index is 2.81. The van der Waals surface area contributed by atoms with Crippen LogP contribution in [0.15, 0.2) is 30.0 Å². The fraction of sp³-hybridized carbons (Fsp3) is 0.167. The van der Waals surface area contributed by atoms with E-state index in [0.29, 0.717) is 5.02 Å². The molecule has 0 fully saturated rings. The van der Waals surface area contributed by atoms with Gasteiger partial charge in [-0.25, -0.2) is 0 Å². The lowest BCUT2D eigenvalue weighted by atomic mass is 10.2. The third-order valence-corrected chi connectivity index (χ3v) is 2.59. The number of nitrogens with zero attached hydrogens (tertiary/aromatic N) is 3. The molecule has 86 valence electrons. The maximum absolute atomic E-state index is 8.57. The van der Waals surface area contributed by atoms with Crippen LogP contribution in [-0.2, 0) is 0 Å². The number of hydrazine groups is 1. The molecule has 0 saturated carbocycles. The molecule has 0 aromatic heterocycles. The minimum atomic E-state index is 0.00931. The highest BCUT2D eigenvalue weighted by Crippen LogP contribution is 2.21. The van der Waals surface area contributed by atoms with E-state index in [1.165, 1.54) is 6.20 Å². The lowest BCUT2D eigenvalue weighted by molar-refractivity contribution is 0.835. The summed E-state index contributed by atoms with van der Waals surface area (Å²) >= 11 is 6.00. The molecule has 0 saturated heterocycles. The van der Waals surface area contributed by atoms with Crippen molar-refractivity contribution in [1.82, 2.24) is 5.43 Å². The molecule has 1 rings (SSSR count). The molecule has 5 heteroatoms. The molecule has 0 aliphatic heterocycles. The summed E-state index contributed by atoms with van der Waals surface area (Å²) in [5.41, 5.74) is 4.66. The topological polar surface area (TPSA) is 62.9 Å². The molecule has 0 heterocycles. The molecule has 1 aromatic carbocycles. The largest absolute Gasteiger partial charge is 0.304 e. The van der Waals surface area contributed by atoms with Crippen LogP contribution in [0.25, 0.3) is 0 Å². The van der Waals surface area contributed by atoms with Crippen molar-refractivity contribution in [3.05, 3.63) is 40.6 Å². The van der Waals surface area contributed by atoms with Gasteiger partial charge in [-0.3, -0.25) is 5.01 Å². The van der Waals surface area contributed by atoms with Gasteiger partial charge in [0.1, 0.15) is 17.7 Å². The van der Waals surface area contributed by atoms with Gasteiger partial charge in [0.15, 0.2) is 0 Å². The molecule has 0 atom stereocenters. The number of hydrogen-bond acceptors (Lipinski definition) is 4. The van der Waals surface area contributed by atoms with Crippen molar-refractivity contribution in [2.24, 2.45) is 0 Å². The van der Waals surface area contributed by atoms with E-state index in [4.69, 9.17) is 22.1 Å². The molecule has 0 unspecified atom stereocenters. The first-order valence-corrected chi connectivity index (χ1v) is 5.22. The Hall–Kier alpha value is -2.17. The van der Waals surface area contributed by atoms with Crippen LogP contribution in [-0.4, -0.2) is 7.05 Å². The van der Waals surface area contributed by atoms with Gasteiger partial charge < -0.3 is 5.43 Å². The predicted octanol–water partition coefficient (Wildman–Crippen LogP) is 2.52. The van der Waals surface area contributed by atoms with E-state index in [1.807, 2.05) is 19.1 Å². The second-order valence-electron chi connectivity index (χ2n) is 3.40. The van der Waals surface area contributed by atoms with E-state index >= 15 is 0 Å². The SMILES string of the molecule is Cc1ccc(N(C)NC=C(C#N)C#N)cc1Cl. The maximum atomic E-state index is 8.57. The first-order chi connectivity index (χ1) is 8.08. The van der Waals surface area contributed by atoms with Crippen LogP contribution in [0.4, 0.5) is 5.69 Å². The monoisotopic (exact) mass is 246 g/mol. The molecular weight excluding hydrogens is 236 g/mol. The highest BCUT2D eigenvalue weighted by atomic mass is 35.5. The van der Waals surface area contributed by atoms with E-state index in [9.17, 15) is 0 Å². The van der Waals surface area contributed by atoms with Crippen LogP contribution in [0.1, 0.15) is 5.56 Å². The summed E-state index contributed by atoms with van der Waals surface area (Å²) in [4.78, 5) is 0. The van der Waals surface area contributed by atoms with Gasteiger partial charge >= 0.3 is 0 Å². The Morgan fingerprint density at radius 3 is 2.59 bits per heavy atom. The van der Waals surface area contributed by atoms with Gasteiger partial charge in [-0.2, -0.15) is 10.5 Å². The number of nitriles is 2. The highest BCUT2D eigenvalue weighted by molar-refractivity contribution is 6.31. The Morgan fingerprint density at radius 1 is 1.41 bits per heavy atom. The smallest absolute Gasteiger partial charge is 0.147 e. The minimum Gasteiger partial charge on any atom is -0.304 e. The molecule has 0 bridgehead atoms. The van der Waals surface area contributed by atoms with Crippen LogP contribution in [0.2, 0.25) is 5.02 Å². The lowest BCUT2D eigenvalue weighted by Gasteiger charge is -2.19. The molecular formula is C12H11ClN4. The molecule has 0 spiro atoms. The van der Waals surface area contributed by atoms with Crippen LogP contribution in [0.3, 0.4) is 0 Å². The first kappa shape index (κ1) is 12.9. The van der Waals surface area contributed by atoms with Crippen LogP contribution in [0.5, 0.6) is 0 Å². The van der Waals surface area contributed by atoms with Gasteiger partial charge in [0.2, 0.25) is 0 Å². The van der Waals surface area contributed by atoms with Gasteiger partial charge in [-0.1, -0.05) is 17.7 Å². The highest BCUT2D eigenvalue weighted by Gasteiger charge is 2.02. The average molecular weight is 247 g/mol. The van der Waals surface area contributed by atoms with Gasteiger partial charge in [-0.15, -0.1) is 0 Å². The van der Waals surface area contributed by atoms with Crippen LogP contribution >= 0.6 is 11.6 Å². The van der Waals surface area contributed by atoms with E-state index in [1.54, 1.807) is 30.3 Å². The quantitative estimate of drug-likeness (QED) is 0.658. The Morgan fingerprint density at radius 2 is 2.06 bits per heavy atom. The van der Waals surface area contributed by atoms with Crippen molar-refractivity contribution < 1.29 is 0 Å². The molecule has 17 heavy (non-hydrogen) atoms. The zero-order chi connectivity index (χ0) is 12.8. The zero-order valence-corrected chi connectivity index (χ0v) is 10.3. The van der Waals surface area contributed by atoms with Gasteiger partial charge in [0.25, 0.3) is 0 Å². The third kappa shape index (κ3) is 3.41. The van der Waals surface area contributed by atoms with Crippen LogP contribution in [0, 0.1) is 29.6 Å². The Bertz CT molecular complexity index is 506. The molecule has 0 aliphatic carbocycles. The number of allylic oxidation sites excluding steroid dienone is 1. The summed E-state index contributed by atoms with van der Waals surface area (Å²) < 4.78 is 0. The predicted molar refractivity (Wildman–Crippen MR) is 67.0 cm³/mol. The number of hydrogen-bond donors (Lipinski definition) is 1. The van der Waals surface area contributed by atoms with Crippen molar-refractivity contribution in [2.75, 3.05) is 12.1 Å². The fourth-order valence-electron chi connectivity index (χ4n) is 1.12. The molecule has 0 aliphatic rings. The normalized spacial score (nSPS) is 8.76. The summed E-state index contributed by atoms with van der Waals surface area (Å²) in [6.45, 7) is 1.92. The van der Waals surface area contributed by atoms with Gasteiger partial charge in [0, 0.05) is 18.3 Å². The lowest BCUT2D eigenvalue weighted by Crippen LogP contribution is -2.29. The summed E-state index contributed by atoms with van der Waals surface area (Å²) in [7, 11) is 1.77. The number of anilines is 1. The summed E-state index contributed by atoms with van der Waals surface area (Å²) in [6.07, 6.45) is 1.34. The van der Waals surface area contributed by atoms with Crippen molar-refractivity contribution >= 4 is 17.3 Å². The van der Waals surface area contributed by atoms with Crippen molar-refractivity contribution in [3.63, 3.8) is 0 Å². The number of benzene rings is 1. The molecule has 0 radical (unpaired) electrons. The summed E-state index contributed by atoms with van der Waals surface area (Å²) in [5, 5.41) is 19.5.